The maximum Gasteiger partial charge on any atom is 0.262 e. The third kappa shape index (κ3) is 3.59. The van der Waals surface area contributed by atoms with Crippen molar-refractivity contribution < 1.29 is 43.7 Å². The summed E-state index contributed by atoms with van der Waals surface area (Å²) in [6.45, 7) is 3.26. The first-order valence-corrected chi connectivity index (χ1v) is 15.1. The van der Waals surface area contributed by atoms with Gasteiger partial charge in [0.2, 0.25) is 0 Å². The Bertz CT molecular complexity index is 2060. The van der Waals surface area contributed by atoms with E-state index in [2.05, 4.69) is 0 Å². The van der Waals surface area contributed by atoms with Gasteiger partial charge >= 0.3 is 0 Å². The van der Waals surface area contributed by atoms with E-state index in [1.807, 2.05) is 0 Å². The van der Waals surface area contributed by atoms with Crippen LogP contribution in [-0.2, 0) is 14.3 Å². The average Bonchev–Trinajstić information content (AvgIpc) is 3.05. The number of allylic oxidation sites excluding steroid dienone is 2. The van der Waals surface area contributed by atoms with Gasteiger partial charge in [-0.15, -0.1) is 0 Å². The van der Waals surface area contributed by atoms with Crippen LogP contribution in [0.2, 0.25) is 0 Å². The summed E-state index contributed by atoms with van der Waals surface area (Å²) in [6, 6.07) is 16.7. The summed E-state index contributed by atoms with van der Waals surface area (Å²) in [7, 11) is 0. The molecule has 2 N–H and O–H groups in total. The largest absolute Gasteiger partial charge is 0.507 e. The van der Waals surface area contributed by atoms with Gasteiger partial charge in [0.05, 0.1) is 47.3 Å². The highest BCUT2D eigenvalue weighted by molar-refractivity contribution is 6.31. The number of carbonyl (C=O) groups excluding carboxylic acids is 5. The Morgan fingerprint density at radius 1 is 0.652 bits per heavy atom. The summed E-state index contributed by atoms with van der Waals surface area (Å²) in [5.74, 6) is -7.84. The van der Waals surface area contributed by atoms with Crippen LogP contribution in [0.4, 0.5) is 0 Å². The van der Waals surface area contributed by atoms with E-state index in [4.69, 9.17) is 9.47 Å². The molecule has 0 saturated heterocycles. The van der Waals surface area contributed by atoms with Crippen LogP contribution in [0.3, 0.4) is 0 Å². The number of phenolic OH excluding ortho intramolecular Hbond substituents is 2. The van der Waals surface area contributed by atoms with Gasteiger partial charge in [-0.2, -0.15) is 0 Å². The molecule has 2 aliphatic carbocycles. The van der Waals surface area contributed by atoms with E-state index in [-0.39, 0.29) is 58.1 Å². The number of ether oxygens (including phenoxy) is 2. The van der Waals surface area contributed by atoms with Crippen molar-refractivity contribution in [3.05, 3.63) is 106 Å². The van der Waals surface area contributed by atoms with Crippen molar-refractivity contribution >= 4 is 50.5 Å². The molecule has 8 rings (SSSR count). The van der Waals surface area contributed by atoms with Crippen LogP contribution in [0.1, 0.15) is 55.3 Å². The maximum absolute atomic E-state index is 14.4. The van der Waals surface area contributed by atoms with E-state index in [9.17, 15) is 34.2 Å². The minimum absolute atomic E-state index is 0.0515. The van der Waals surface area contributed by atoms with Crippen molar-refractivity contribution in [1.82, 2.24) is 0 Å². The lowest BCUT2D eigenvalue weighted by atomic mass is 9.69. The van der Waals surface area contributed by atoms with Crippen LogP contribution in [0.15, 0.2) is 83.3 Å². The maximum atomic E-state index is 14.4. The number of fused-ring (bicyclic) bond motifs is 6. The molecular weight excluding hydrogens is 588 g/mol. The number of aromatic hydroxyl groups is 2. The Balaban J connectivity index is 1.33. The predicted molar refractivity (Wildman–Crippen MR) is 165 cm³/mol. The van der Waals surface area contributed by atoms with E-state index in [0.717, 1.165) is 0 Å². The quantitative estimate of drug-likeness (QED) is 0.299. The first-order chi connectivity index (χ1) is 22.1. The molecule has 4 aromatic rings. The van der Waals surface area contributed by atoms with Crippen molar-refractivity contribution in [3.63, 3.8) is 0 Å². The Kier molecular flexibility index (Phi) is 5.90. The smallest absolute Gasteiger partial charge is 0.262 e. The molecule has 0 fully saturated rings. The minimum Gasteiger partial charge on any atom is -0.507 e. The monoisotopic (exact) mass is 614 g/mol. The van der Waals surface area contributed by atoms with E-state index in [1.54, 1.807) is 62.4 Å². The normalized spacial score (nSPS) is 23.9. The lowest BCUT2D eigenvalue weighted by molar-refractivity contribution is -0.120. The molecule has 2 heterocycles. The average molecular weight is 615 g/mol. The highest BCUT2D eigenvalue weighted by Crippen LogP contribution is 2.48. The number of hydrogen-bond acceptors (Lipinski definition) is 9. The van der Waals surface area contributed by atoms with E-state index < -0.39 is 64.1 Å². The minimum atomic E-state index is -1.09. The topological polar surface area (TPSA) is 144 Å². The molecule has 4 unspecified atom stereocenters. The SMILES string of the molecule is CC1COC(C(=O)C2=C3C(=O)c4cc5ccccc5c(O)c4C(=O)C3C(C)CO2)=C2C(=O)c3cc4ccccc4c(O)c3C(=O)C21. The molecule has 0 aromatic heterocycles. The van der Waals surface area contributed by atoms with E-state index >= 15 is 0 Å². The highest BCUT2D eigenvalue weighted by Gasteiger charge is 2.51. The summed E-state index contributed by atoms with van der Waals surface area (Å²) >= 11 is 0. The molecule has 4 aromatic carbocycles. The standard InChI is InChI=1S/C37H26O9/c1-15-13-45-36(27-23(15)33(42)25-21(31(27)40)11-17-7-3-5-9-19(17)29(25)38)35(44)37-28-24(16(2)14-46-37)34(43)26-22(32(28)41)12-18-8-4-6-10-20(18)30(26)39/h3-12,15-16,23-24,38-39H,13-14H2,1-2H3. The zero-order valence-corrected chi connectivity index (χ0v) is 24.7. The molecule has 228 valence electrons. The zero-order chi connectivity index (χ0) is 32.2. The number of rotatable bonds is 2. The van der Waals surface area contributed by atoms with Gasteiger partial charge in [0.25, 0.3) is 5.78 Å². The van der Waals surface area contributed by atoms with Crippen LogP contribution in [0, 0.1) is 23.7 Å². The number of hydrogen-bond donors (Lipinski definition) is 2. The molecule has 46 heavy (non-hydrogen) atoms. The second kappa shape index (κ2) is 9.71. The second-order valence-electron chi connectivity index (χ2n) is 12.5. The third-order valence-corrected chi connectivity index (χ3v) is 9.72. The fraction of sp³-hybridized carbons (Fsp3) is 0.216. The molecule has 9 nitrogen and oxygen atoms in total. The Morgan fingerprint density at radius 3 is 1.46 bits per heavy atom. The summed E-state index contributed by atoms with van der Waals surface area (Å²) in [6.07, 6.45) is 0. The molecule has 0 radical (unpaired) electrons. The number of phenols is 2. The molecule has 9 heteroatoms. The van der Waals surface area contributed by atoms with Gasteiger partial charge in [0.1, 0.15) is 11.5 Å². The molecular formula is C37H26O9. The van der Waals surface area contributed by atoms with E-state index in [1.165, 1.54) is 12.1 Å². The fourth-order valence-corrected chi connectivity index (χ4v) is 7.49. The summed E-state index contributed by atoms with van der Waals surface area (Å²) in [4.78, 5) is 70.6. The lowest BCUT2D eigenvalue weighted by Crippen LogP contribution is -2.43. The molecule has 0 bridgehead atoms. The first kappa shape index (κ1) is 27.9. The van der Waals surface area contributed by atoms with E-state index in [0.29, 0.717) is 21.5 Å². The lowest BCUT2D eigenvalue weighted by Gasteiger charge is -2.37. The van der Waals surface area contributed by atoms with Gasteiger partial charge < -0.3 is 19.7 Å². The van der Waals surface area contributed by atoms with Crippen molar-refractivity contribution in [1.29, 1.82) is 0 Å². The number of Topliss-reactive ketones (excluding diaryl/α,β-unsaturated/α-hetero) is 5. The highest BCUT2D eigenvalue weighted by atomic mass is 16.5. The van der Waals surface area contributed by atoms with Crippen molar-refractivity contribution in [2.75, 3.05) is 13.2 Å². The molecule has 2 aliphatic heterocycles. The van der Waals surface area contributed by atoms with Gasteiger partial charge in [-0.25, -0.2) is 0 Å². The zero-order valence-electron chi connectivity index (χ0n) is 24.7. The Labute approximate surface area is 261 Å². The van der Waals surface area contributed by atoms with Crippen LogP contribution in [-0.4, -0.2) is 52.3 Å². The molecule has 0 spiro atoms. The molecule has 0 amide bonds. The molecule has 4 atom stereocenters. The Hall–Kier alpha value is -5.57. The Morgan fingerprint density at radius 2 is 1.04 bits per heavy atom. The van der Waals surface area contributed by atoms with Crippen LogP contribution in [0.5, 0.6) is 11.5 Å². The van der Waals surface area contributed by atoms with Crippen LogP contribution >= 0.6 is 0 Å². The summed E-state index contributed by atoms with van der Waals surface area (Å²) in [5.41, 5.74) is -0.629. The van der Waals surface area contributed by atoms with Crippen molar-refractivity contribution in [2.45, 2.75) is 13.8 Å². The van der Waals surface area contributed by atoms with Gasteiger partial charge in [0.15, 0.2) is 34.7 Å². The third-order valence-electron chi connectivity index (χ3n) is 9.72. The predicted octanol–water partition coefficient (Wildman–Crippen LogP) is 5.50. The van der Waals surface area contributed by atoms with Crippen LogP contribution < -0.4 is 0 Å². The van der Waals surface area contributed by atoms with Gasteiger partial charge in [0, 0.05) is 33.7 Å². The summed E-state index contributed by atoms with van der Waals surface area (Å²) < 4.78 is 11.8. The van der Waals surface area contributed by atoms with Gasteiger partial charge in [-0.3, -0.25) is 24.0 Å². The number of ketones is 5. The van der Waals surface area contributed by atoms with Crippen LogP contribution in [0.25, 0.3) is 21.5 Å². The van der Waals surface area contributed by atoms with Crippen molar-refractivity contribution in [2.24, 2.45) is 23.7 Å². The molecule has 4 aliphatic rings. The molecule has 0 saturated carbocycles. The van der Waals surface area contributed by atoms with Gasteiger partial charge in [-0.1, -0.05) is 62.4 Å². The first-order valence-electron chi connectivity index (χ1n) is 15.1. The van der Waals surface area contributed by atoms with Crippen molar-refractivity contribution in [3.8, 4) is 11.5 Å². The second-order valence-corrected chi connectivity index (χ2v) is 12.5. The summed E-state index contributed by atoms with van der Waals surface area (Å²) in [5, 5.41) is 24.1. The number of carbonyl (C=O) groups is 5. The fourth-order valence-electron chi connectivity index (χ4n) is 7.49. The van der Waals surface area contributed by atoms with Gasteiger partial charge in [-0.05, 0) is 22.9 Å². The number of benzene rings is 4.